The molecule has 3 rings (SSSR count). The van der Waals surface area contributed by atoms with Crippen molar-refractivity contribution < 1.29 is 0 Å². The number of hydrogen-bond acceptors (Lipinski definition) is 5. The average Bonchev–Trinajstić information content (AvgIpc) is 2.96. The fourth-order valence-corrected chi connectivity index (χ4v) is 4.39. The van der Waals surface area contributed by atoms with Gasteiger partial charge in [-0.15, -0.1) is 22.7 Å². The lowest BCUT2D eigenvalue weighted by molar-refractivity contribution is 0.823. The van der Waals surface area contributed by atoms with E-state index in [1.165, 1.54) is 28.4 Å². The van der Waals surface area contributed by atoms with E-state index in [2.05, 4.69) is 38.4 Å². The molecule has 1 fully saturated rings. The quantitative estimate of drug-likeness (QED) is 0.836. The molecule has 0 amide bonds. The van der Waals surface area contributed by atoms with Crippen molar-refractivity contribution in [2.24, 2.45) is 0 Å². The van der Waals surface area contributed by atoms with Crippen molar-refractivity contribution in [1.82, 2.24) is 9.97 Å². The summed E-state index contributed by atoms with van der Waals surface area (Å²) in [5.41, 5.74) is 2.31. The van der Waals surface area contributed by atoms with Crippen LogP contribution in [0.1, 0.15) is 63.1 Å². The van der Waals surface area contributed by atoms with E-state index in [4.69, 9.17) is 9.97 Å². The van der Waals surface area contributed by atoms with Gasteiger partial charge in [0.2, 0.25) is 0 Å². The summed E-state index contributed by atoms with van der Waals surface area (Å²) in [5, 5.41) is 7.85. The van der Waals surface area contributed by atoms with Gasteiger partial charge in [-0.3, -0.25) is 0 Å². The minimum absolute atomic E-state index is 0.419. The maximum absolute atomic E-state index is 4.88. The number of nitrogens with zero attached hydrogens (tertiary/aromatic N) is 2. The van der Waals surface area contributed by atoms with Gasteiger partial charge in [0.25, 0.3) is 0 Å². The predicted molar refractivity (Wildman–Crippen MR) is 88.0 cm³/mol. The van der Waals surface area contributed by atoms with Crippen LogP contribution in [0.2, 0.25) is 0 Å². The summed E-state index contributed by atoms with van der Waals surface area (Å²) in [7, 11) is 0. The van der Waals surface area contributed by atoms with Gasteiger partial charge in [0.1, 0.15) is 0 Å². The number of anilines is 1. The molecule has 2 aromatic heterocycles. The highest BCUT2D eigenvalue weighted by atomic mass is 32.1. The van der Waals surface area contributed by atoms with E-state index >= 15 is 0 Å². The number of aromatic nitrogens is 2. The third kappa shape index (κ3) is 2.88. The van der Waals surface area contributed by atoms with Crippen LogP contribution in [0.3, 0.4) is 0 Å². The van der Waals surface area contributed by atoms with Crippen LogP contribution in [0, 0.1) is 0 Å². The fourth-order valence-electron chi connectivity index (χ4n) is 2.12. The van der Waals surface area contributed by atoms with Crippen LogP contribution >= 0.6 is 22.7 Å². The number of thiazole rings is 2. The molecule has 0 bridgehead atoms. The second kappa shape index (κ2) is 5.45. The zero-order chi connectivity index (χ0) is 14.3. The molecular formula is C15H21N3S2. The van der Waals surface area contributed by atoms with Gasteiger partial charge in [-0.25, -0.2) is 9.97 Å². The molecular weight excluding hydrogens is 286 g/mol. The molecule has 1 aliphatic rings. The highest BCUT2D eigenvalue weighted by Crippen LogP contribution is 2.46. The van der Waals surface area contributed by atoms with Gasteiger partial charge in [-0.2, -0.15) is 0 Å². The van der Waals surface area contributed by atoms with E-state index in [0.717, 1.165) is 16.7 Å². The minimum Gasteiger partial charge on any atom is -0.359 e. The van der Waals surface area contributed by atoms with Crippen LogP contribution in [0.5, 0.6) is 0 Å². The first kappa shape index (κ1) is 14.0. The third-order valence-corrected chi connectivity index (χ3v) is 5.32. The van der Waals surface area contributed by atoms with E-state index in [1.807, 2.05) is 11.3 Å². The van der Waals surface area contributed by atoms with Crippen molar-refractivity contribution in [2.75, 3.05) is 5.32 Å². The molecule has 0 unspecified atom stereocenters. The number of rotatable bonds is 5. The summed E-state index contributed by atoms with van der Waals surface area (Å²) in [5.74, 6) is 1.18. The molecule has 2 aromatic rings. The van der Waals surface area contributed by atoms with Gasteiger partial charge < -0.3 is 5.32 Å². The molecule has 1 aliphatic carbocycles. The summed E-state index contributed by atoms with van der Waals surface area (Å²) in [6, 6.07) is 0.419. The Morgan fingerprint density at radius 2 is 1.95 bits per heavy atom. The third-order valence-electron chi connectivity index (χ3n) is 3.29. The number of hydrogen-bond donors (Lipinski definition) is 1. The molecule has 1 N–H and O–H groups in total. The Morgan fingerprint density at radius 1 is 1.20 bits per heavy atom. The molecule has 0 atom stereocenters. The summed E-state index contributed by atoms with van der Waals surface area (Å²) in [6.45, 7) is 8.71. The highest BCUT2D eigenvalue weighted by molar-refractivity contribution is 7.17. The lowest BCUT2D eigenvalue weighted by Gasteiger charge is -2.05. The normalized spacial score (nSPS) is 15.3. The Labute approximate surface area is 128 Å². The van der Waals surface area contributed by atoms with Crippen LogP contribution in [0.4, 0.5) is 5.13 Å². The van der Waals surface area contributed by atoms with Crippen LogP contribution in [0.15, 0.2) is 5.38 Å². The molecule has 0 radical (unpaired) electrons. The van der Waals surface area contributed by atoms with Gasteiger partial charge in [-0.1, -0.05) is 13.8 Å². The Hall–Kier alpha value is -0.940. The molecule has 0 saturated heterocycles. The minimum atomic E-state index is 0.419. The Kier molecular flexibility index (Phi) is 3.82. The smallest absolute Gasteiger partial charge is 0.183 e. The van der Waals surface area contributed by atoms with E-state index in [9.17, 15) is 0 Å². The van der Waals surface area contributed by atoms with Crippen molar-refractivity contribution in [3.05, 3.63) is 16.1 Å². The van der Waals surface area contributed by atoms with Crippen molar-refractivity contribution in [1.29, 1.82) is 0 Å². The summed E-state index contributed by atoms with van der Waals surface area (Å²) in [4.78, 5) is 10.9. The van der Waals surface area contributed by atoms with E-state index in [1.54, 1.807) is 11.3 Å². The van der Waals surface area contributed by atoms with Gasteiger partial charge in [0, 0.05) is 17.3 Å². The van der Waals surface area contributed by atoms with E-state index in [0.29, 0.717) is 12.0 Å². The summed E-state index contributed by atoms with van der Waals surface area (Å²) in [6.07, 6.45) is 2.61. The maximum atomic E-state index is 4.88. The molecule has 0 aliphatic heterocycles. The van der Waals surface area contributed by atoms with Gasteiger partial charge in [-0.05, 0) is 32.6 Å². The standard InChI is InChI=1S/C15H21N3S2/c1-8(2)12-13(20-14(18-12)10-5-6-10)11-7-19-15(17-11)16-9(3)4/h7-10H,5-6H2,1-4H3,(H,16,17). The summed E-state index contributed by atoms with van der Waals surface area (Å²) < 4.78 is 0. The average molecular weight is 307 g/mol. The number of nitrogens with one attached hydrogen (secondary N) is 1. The first-order valence-electron chi connectivity index (χ1n) is 7.27. The molecule has 2 heterocycles. The van der Waals surface area contributed by atoms with Crippen LogP contribution in [0.25, 0.3) is 10.6 Å². The Bertz CT molecular complexity index is 594. The molecule has 0 spiro atoms. The maximum Gasteiger partial charge on any atom is 0.183 e. The van der Waals surface area contributed by atoms with Gasteiger partial charge >= 0.3 is 0 Å². The molecule has 3 nitrogen and oxygen atoms in total. The van der Waals surface area contributed by atoms with Crippen molar-refractivity contribution in [3.8, 4) is 10.6 Å². The molecule has 108 valence electrons. The molecule has 5 heteroatoms. The first-order valence-corrected chi connectivity index (χ1v) is 8.97. The predicted octanol–water partition coefficient (Wildman–Crippen LogP) is 5.09. The van der Waals surface area contributed by atoms with Crippen molar-refractivity contribution >= 4 is 27.8 Å². The molecule has 20 heavy (non-hydrogen) atoms. The second-order valence-corrected chi connectivity index (χ2v) is 7.92. The van der Waals surface area contributed by atoms with Gasteiger partial charge in [0.05, 0.1) is 21.3 Å². The lowest BCUT2D eigenvalue weighted by atomic mass is 10.1. The topological polar surface area (TPSA) is 37.8 Å². The monoisotopic (exact) mass is 307 g/mol. The molecule has 0 aromatic carbocycles. The van der Waals surface area contributed by atoms with Crippen LogP contribution in [-0.4, -0.2) is 16.0 Å². The van der Waals surface area contributed by atoms with Crippen LogP contribution < -0.4 is 5.32 Å². The zero-order valence-corrected chi connectivity index (χ0v) is 14.1. The largest absolute Gasteiger partial charge is 0.359 e. The lowest BCUT2D eigenvalue weighted by Crippen LogP contribution is -2.08. The first-order chi connectivity index (χ1) is 9.54. The molecule has 1 saturated carbocycles. The zero-order valence-electron chi connectivity index (χ0n) is 12.4. The fraction of sp³-hybridized carbons (Fsp3) is 0.600. The highest BCUT2D eigenvalue weighted by Gasteiger charge is 2.29. The SMILES string of the molecule is CC(C)Nc1nc(-c2sc(C3CC3)nc2C(C)C)cs1. The Morgan fingerprint density at radius 3 is 2.55 bits per heavy atom. The van der Waals surface area contributed by atoms with E-state index in [-0.39, 0.29) is 0 Å². The Balaban J connectivity index is 1.93. The summed E-state index contributed by atoms with van der Waals surface area (Å²) >= 11 is 3.53. The van der Waals surface area contributed by atoms with Crippen molar-refractivity contribution in [3.63, 3.8) is 0 Å². The van der Waals surface area contributed by atoms with Crippen LogP contribution in [-0.2, 0) is 0 Å². The van der Waals surface area contributed by atoms with Crippen molar-refractivity contribution in [2.45, 2.75) is 58.4 Å². The van der Waals surface area contributed by atoms with Gasteiger partial charge in [0.15, 0.2) is 5.13 Å². The van der Waals surface area contributed by atoms with E-state index < -0.39 is 0 Å². The second-order valence-electron chi connectivity index (χ2n) is 6.03.